The van der Waals surface area contributed by atoms with E-state index in [0.717, 1.165) is 17.7 Å². The zero-order valence-corrected chi connectivity index (χ0v) is 16.0. The number of benzene rings is 2. The van der Waals surface area contributed by atoms with Crippen molar-refractivity contribution in [2.24, 2.45) is 0 Å². The highest BCUT2D eigenvalue weighted by atomic mass is 35.5. The Morgan fingerprint density at radius 3 is 2.76 bits per heavy atom. The number of esters is 1. The summed E-state index contributed by atoms with van der Waals surface area (Å²) in [4.78, 5) is 37.4. The number of hydrogen-bond acceptors (Lipinski definition) is 5. The van der Waals surface area contributed by atoms with Crippen molar-refractivity contribution in [1.29, 1.82) is 0 Å². The van der Waals surface area contributed by atoms with Gasteiger partial charge in [0, 0.05) is 17.8 Å². The van der Waals surface area contributed by atoms with Gasteiger partial charge in [-0.25, -0.2) is 4.79 Å². The highest BCUT2D eigenvalue weighted by Crippen LogP contribution is 2.29. The van der Waals surface area contributed by atoms with Crippen molar-refractivity contribution < 1.29 is 23.5 Å². The SMILES string of the molecule is O=Cc1ccc(-c2ccc(Cl)c(C(=O)OCC(=O)N3CCc4ccccc43)c2)o1. The molecule has 0 N–H and O–H groups in total. The molecule has 0 radical (unpaired) electrons. The molecular formula is C22H16ClNO5. The third kappa shape index (κ3) is 3.79. The monoisotopic (exact) mass is 409 g/mol. The molecule has 0 saturated carbocycles. The standard InChI is InChI=1S/C22H16ClNO5/c23-18-7-5-15(20-8-6-16(12-25)29-20)11-17(18)22(27)28-13-21(26)24-10-9-14-3-1-2-4-19(14)24/h1-8,11-12H,9-10,13H2. The molecule has 3 aromatic rings. The van der Waals surface area contributed by atoms with E-state index in [4.69, 9.17) is 20.8 Å². The van der Waals surface area contributed by atoms with Gasteiger partial charge in [0.05, 0.1) is 10.6 Å². The van der Waals surface area contributed by atoms with Crippen LogP contribution in [-0.4, -0.2) is 31.3 Å². The van der Waals surface area contributed by atoms with Crippen molar-refractivity contribution in [2.45, 2.75) is 6.42 Å². The summed E-state index contributed by atoms with van der Waals surface area (Å²) in [6.07, 6.45) is 1.37. The molecule has 1 amide bonds. The molecular weight excluding hydrogens is 394 g/mol. The molecule has 6 nitrogen and oxygen atoms in total. The summed E-state index contributed by atoms with van der Waals surface area (Å²) in [7, 11) is 0. The second-order valence-corrected chi connectivity index (χ2v) is 6.92. The summed E-state index contributed by atoms with van der Waals surface area (Å²) in [5.41, 5.74) is 2.62. The molecule has 1 aliphatic heterocycles. The summed E-state index contributed by atoms with van der Waals surface area (Å²) < 4.78 is 10.6. The topological polar surface area (TPSA) is 76.8 Å². The summed E-state index contributed by atoms with van der Waals surface area (Å²) in [5, 5.41) is 0.194. The molecule has 0 aliphatic carbocycles. The number of halogens is 1. The van der Waals surface area contributed by atoms with E-state index in [1.54, 1.807) is 17.0 Å². The maximum absolute atomic E-state index is 12.5. The van der Waals surface area contributed by atoms with Crippen LogP contribution >= 0.6 is 11.6 Å². The molecule has 0 unspecified atom stereocenters. The molecule has 29 heavy (non-hydrogen) atoms. The number of nitrogens with zero attached hydrogens (tertiary/aromatic N) is 1. The van der Waals surface area contributed by atoms with E-state index >= 15 is 0 Å². The largest absolute Gasteiger partial charge is 0.453 e. The predicted molar refractivity (Wildman–Crippen MR) is 107 cm³/mol. The number of aldehydes is 1. The highest BCUT2D eigenvalue weighted by molar-refractivity contribution is 6.33. The number of carbonyl (C=O) groups excluding carboxylic acids is 3. The molecule has 7 heteroatoms. The lowest BCUT2D eigenvalue weighted by Gasteiger charge is -2.17. The Hall–Kier alpha value is -3.38. The summed E-state index contributed by atoms with van der Waals surface area (Å²) >= 11 is 6.14. The molecule has 0 saturated heterocycles. The van der Waals surface area contributed by atoms with Crippen molar-refractivity contribution >= 4 is 35.5 Å². The lowest BCUT2D eigenvalue weighted by molar-refractivity contribution is -0.121. The lowest BCUT2D eigenvalue weighted by atomic mass is 10.1. The van der Waals surface area contributed by atoms with Crippen molar-refractivity contribution in [3.63, 3.8) is 0 Å². The summed E-state index contributed by atoms with van der Waals surface area (Å²) in [6.45, 7) is 0.174. The third-order valence-electron chi connectivity index (χ3n) is 4.73. The Labute approximate surface area is 171 Å². The van der Waals surface area contributed by atoms with Crippen LogP contribution in [0.2, 0.25) is 5.02 Å². The van der Waals surface area contributed by atoms with Gasteiger partial charge in [0.2, 0.25) is 0 Å². The first kappa shape index (κ1) is 19.0. The Balaban J connectivity index is 1.47. The van der Waals surface area contributed by atoms with E-state index in [-0.39, 0.29) is 28.9 Å². The van der Waals surface area contributed by atoms with Crippen molar-refractivity contribution in [2.75, 3.05) is 18.1 Å². The molecule has 1 aliphatic rings. The number of ether oxygens (including phenoxy) is 1. The van der Waals surface area contributed by atoms with Gasteiger partial charge in [-0.1, -0.05) is 29.8 Å². The second-order valence-electron chi connectivity index (χ2n) is 6.51. The van der Waals surface area contributed by atoms with Crippen LogP contribution in [0, 0.1) is 0 Å². The minimum atomic E-state index is -0.708. The number of rotatable bonds is 5. The van der Waals surface area contributed by atoms with Gasteiger partial charge in [0.1, 0.15) is 5.76 Å². The summed E-state index contributed by atoms with van der Waals surface area (Å²) in [5.74, 6) is -0.407. The van der Waals surface area contributed by atoms with Gasteiger partial charge in [-0.3, -0.25) is 9.59 Å². The number of hydrogen-bond donors (Lipinski definition) is 0. The van der Waals surface area contributed by atoms with Gasteiger partial charge in [0.25, 0.3) is 5.91 Å². The van der Waals surface area contributed by atoms with Crippen molar-refractivity contribution in [1.82, 2.24) is 0 Å². The van der Waals surface area contributed by atoms with Crippen LogP contribution in [-0.2, 0) is 16.0 Å². The van der Waals surface area contributed by atoms with Gasteiger partial charge in [-0.2, -0.15) is 0 Å². The molecule has 0 fully saturated rings. The van der Waals surface area contributed by atoms with E-state index in [2.05, 4.69) is 0 Å². The van der Waals surface area contributed by atoms with Crippen molar-refractivity contribution in [3.8, 4) is 11.3 Å². The third-order valence-corrected chi connectivity index (χ3v) is 5.06. The fourth-order valence-electron chi connectivity index (χ4n) is 3.29. The quantitative estimate of drug-likeness (QED) is 0.467. The lowest BCUT2D eigenvalue weighted by Crippen LogP contribution is -2.33. The molecule has 0 spiro atoms. The molecule has 1 aromatic heterocycles. The van der Waals surface area contributed by atoms with Gasteiger partial charge >= 0.3 is 5.97 Å². The summed E-state index contributed by atoms with van der Waals surface area (Å²) in [6, 6.07) is 15.5. The minimum Gasteiger partial charge on any atom is -0.453 e. The van der Waals surface area contributed by atoms with Gasteiger partial charge in [0.15, 0.2) is 18.7 Å². The van der Waals surface area contributed by atoms with Crippen LogP contribution in [0.1, 0.15) is 26.5 Å². The van der Waals surface area contributed by atoms with Gasteiger partial charge < -0.3 is 14.1 Å². The van der Waals surface area contributed by atoms with Gasteiger partial charge in [-0.15, -0.1) is 0 Å². The van der Waals surface area contributed by atoms with E-state index in [1.807, 2.05) is 24.3 Å². The fourth-order valence-corrected chi connectivity index (χ4v) is 3.48. The number of anilines is 1. The van der Waals surface area contributed by atoms with Crippen LogP contribution in [0.25, 0.3) is 11.3 Å². The van der Waals surface area contributed by atoms with Crippen LogP contribution in [0.3, 0.4) is 0 Å². The molecule has 2 heterocycles. The number of furan rings is 1. The molecule has 146 valence electrons. The average Bonchev–Trinajstić information content (AvgIpc) is 3.39. The number of carbonyl (C=O) groups is 3. The van der Waals surface area contributed by atoms with Crippen LogP contribution in [0.5, 0.6) is 0 Å². The molecule has 0 bridgehead atoms. The maximum Gasteiger partial charge on any atom is 0.340 e. The number of para-hydroxylation sites is 1. The van der Waals surface area contributed by atoms with E-state index in [0.29, 0.717) is 24.2 Å². The van der Waals surface area contributed by atoms with E-state index in [9.17, 15) is 14.4 Å². The molecule has 4 rings (SSSR count). The zero-order valence-electron chi connectivity index (χ0n) is 15.3. The molecule has 0 atom stereocenters. The zero-order chi connectivity index (χ0) is 20.4. The normalized spacial score (nSPS) is 12.5. The Morgan fingerprint density at radius 1 is 1.14 bits per heavy atom. The Kier molecular flexibility index (Phi) is 5.18. The van der Waals surface area contributed by atoms with E-state index < -0.39 is 5.97 Å². The van der Waals surface area contributed by atoms with Crippen LogP contribution < -0.4 is 4.90 Å². The first-order valence-corrected chi connectivity index (χ1v) is 9.35. The van der Waals surface area contributed by atoms with Crippen LogP contribution in [0.4, 0.5) is 5.69 Å². The Bertz CT molecular complexity index is 1100. The first-order chi connectivity index (χ1) is 14.1. The van der Waals surface area contributed by atoms with Crippen LogP contribution in [0.15, 0.2) is 59.0 Å². The van der Waals surface area contributed by atoms with Gasteiger partial charge in [-0.05, 0) is 48.4 Å². The highest BCUT2D eigenvalue weighted by Gasteiger charge is 2.25. The fraction of sp³-hybridized carbons (Fsp3) is 0.136. The number of amides is 1. The average molecular weight is 410 g/mol. The first-order valence-electron chi connectivity index (χ1n) is 8.97. The van der Waals surface area contributed by atoms with Crippen molar-refractivity contribution in [3.05, 3.63) is 76.5 Å². The smallest absolute Gasteiger partial charge is 0.340 e. The second kappa shape index (κ2) is 7.93. The maximum atomic E-state index is 12.5. The minimum absolute atomic E-state index is 0.114. The predicted octanol–water partition coefficient (Wildman–Crippen LogP) is 4.16. The van der Waals surface area contributed by atoms with E-state index in [1.165, 1.54) is 18.2 Å². The molecule has 2 aromatic carbocycles. The number of fused-ring (bicyclic) bond motifs is 1. The Morgan fingerprint density at radius 2 is 1.97 bits per heavy atom.